The van der Waals surface area contributed by atoms with Gasteiger partial charge in [0.05, 0.1) is 17.1 Å². The monoisotopic (exact) mass is 390 g/mol. The number of hydrogen-bond donors (Lipinski definition) is 2. The Hall–Kier alpha value is -2.42. The SMILES string of the molecule is CC(=O)Nc1ccc(S(=O)(=O)NC[C@H](c2ccco2)c2cccs2)cc1. The van der Waals surface area contributed by atoms with Crippen molar-refractivity contribution in [3.63, 3.8) is 0 Å². The summed E-state index contributed by atoms with van der Waals surface area (Å²) >= 11 is 1.55. The van der Waals surface area contributed by atoms with Crippen LogP contribution in [0.4, 0.5) is 5.69 Å². The van der Waals surface area contributed by atoms with Crippen molar-refractivity contribution in [3.8, 4) is 0 Å². The summed E-state index contributed by atoms with van der Waals surface area (Å²) in [6.45, 7) is 1.58. The Labute approximate surface area is 155 Å². The lowest BCUT2D eigenvalue weighted by Gasteiger charge is -2.14. The quantitative estimate of drug-likeness (QED) is 0.647. The highest BCUT2D eigenvalue weighted by atomic mass is 32.2. The van der Waals surface area contributed by atoms with Gasteiger partial charge in [-0.05, 0) is 47.8 Å². The van der Waals surface area contributed by atoms with Crippen molar-refractivity contribution in [1.29, 1.82) is 0 Å². The van der Waals surface area contributed by atoms with Crippen molar-refractivity contribution in [2.24, 2.45) is 0 Å². The molecule has 3 aromatic rings. The number of anilines is 1. The van der Waals surface area contributed by atoms with Gasteiger partial charge < -0.3 is 9.73 Å². The molecule has 1 amide bonds. The van der Waals surface area contributed by atoms with Gasteiger partial charge in [0, 0.05) is 24.0 Å². The summed E-state index contributed by atoms with van der Waals surface area (Å²) in [6, 6.07) is 13.5. The number of furan rings is 1. The molecule has 0 aliphatic carbocycles. The maximum atomic E-state index is 12.6. The minimum atomic E-state index is -3.68. The number of carbonyl (C=O) groups is 1. The van der Waals surface area contributed by atoms with Gasteiger partial charge in [-0.3, -0.25) is 4.79 Å². The summed E-state index contributed by atoms with van der Waals surface area (Å²) in [4.78, 5) is 12.2. The molecule has 0 bridgehead atoms. The van der Waals surface area contributed by atoms with Gasteiger partial charge in [0.1, 0.15) is 5.76 Å². The molecular formula is C18H18N2O4S2. The number of rotatable bonds is 7. The van der Waals surface area contributed by atoms with Crippen LogP contribution in [0.25, 0.3) is 0 Å². The van der Waals surface area contributed by atoms with Crippen LogP contribution in [-0.4, -0.2) is 20.9 Å². The molecule has 136 valence electrons. The molecule has 26 heavy (non-hydrogen) atoms. The van der Waals surface area contributed by atoms with E-state index in [1.54, 1.807) is 35.8 Å². The average molecular weight is 390 g/mol. The van der Waals surface area contributed by atoms with Crippen LogP contribution in [-0.2, 0) is 14.8 Å². The second-order valence-electron chi connectivity index (χ2n) is 5.64. The minimum Gasteiger partial charge on any atom is -0.469 e. The molecule has 1 aromatic carbocycles. The topological polar surface area (TPSA) is 88.4 Å². The lowest BCUT2D eigenvalue weighted by atomic mass is 10.1. The van der Waals surface area contributed by atoms with Crippen molar-refractivity contribution in [1.82, 2.24) is 4.72 Å². The van der Waals surface area contributed by atoms with E-state index in [0.29, 0.717) is 11.4 Å². The molecule has 0 saturated heterocycles. The number of sulfonamides is 1. The second kappa shape index (κ2) is 7.86. The van der Waals surface area contributed by atoms with Crippen molar-refractivity contribution in [2.45, 2.75) is 17.7 Å². The molecule has 0 aliphatic rings. The van der Waals surface area contributed by atoms with Crippen molar-refractivity contribution in [3.05, 3.63) is 70.8 Å². The van der Waals surface area contributed by atoms with Crippen LogP contribution < -0.4 is 10.0 Å². The molecular weight excluding hydrogens is 372 g/mol. The first-order valence-corrected chi connectivity index (χ1v) is 10.3. The minimum absolute atomic E-state index is 0.135. The lowest BCUT2D eigenvalue weighted by molar-refractivity contribution is -0.114. The molecule has 3 rings (SSSR count). The summed E-state index contributed by atoms with van der Waals surface area (Å²) < 4.78 is 33.3. The molecule has 2 N–H and O–H groups in total. The molecule has 2 heterocycles. The van der Waals surface area contributed by atoms with E-state index in [1.165, 1.54) is 19.1 Å². The van der Waals surface area contributed by atoms with Gasteiger partial charge in [0.25, 0.3) is 0 Å². The molecule has 0 unspecified atom stereocenters. The van der Waals surface area contributed by atoms with E-state index >= 15 is 0 Å². The Morgan fingerprint density at radius 2 is 1.92 bits per heavy atom. The van der Waals surface area contributed by atoms with E-state index in [9.17, 15) is 13.2 Å². The van der Waals surface area contributed by atoms with Crippen molar-refractivity contribution >= 4 is 33.0 Å². The molecule has 6 nitrogen and oxygen atoms in total. The smallest absolute Gasteiger partial charge is 0.240 e. The maximum absolute atomic E-state index is 12.6. The zero-order valence-electron chi connectivity index (χ0n) is 14.0. The normalized spacial score (nSPS) is 12.7. The fourth-order valence-corrected chi connectivity index (χ4v) is 4.40. The highest BCUT2D eigenvalue weighted by molar-refractivity contribution is 7.89. The number of benzene rings is 1. The number of amides is 1. The number of thiophene rings is 1. The van der Waals surface area contributed by atoms with Crippen molar-refractivity contribution in [2.75, 3.05) is 11.9 Å². The Kier molecular flexibility index (Phi) is 5.55. The van der Waals surface area contributed by atoms with Gasteiger partial charge in [-0.2, -0.15) is 0 Å². The van der Waals surface area contributed by atoms with Gasteiger partial charge in [-0.15, -0.1) is 11.3 Å². The molecule has 0 fully saturated rings. The van der Waals surface area contributed by atoms with E-state index in [2.05, 4.69) is 10.0 Å². The molecule has 2 aromatic heterocycles. The van der Waals surface area contributed by atoms with E-state index in [0.717, 1.165) is 4.88 Å². The second-order valence-corrected chi connectivity index (χ2v) is 8.39. The Balaban J connectivity index is 1.75. The fourth-order valence-electron chi connectivity index (χ4n) is 2.52. The van der Waals surface area contributed by atoms with Crippen LogP contribution in [0, 0.1) is 0 Å². The summed E-state index contributed by atoms with van der Waals surface area (Å²) in [5.74, 6) is 0.297. The van der Waals surface area contributed by atoms with E-state index in [-0.39, 0.29) is 23.3 Å². The van der Waals surface area contributed by atoms with E-state index in [1.807, 2.05) is 23.6 Å². The van der Waals surface area contributed by atoms with E-state index < -0.39 is 10.0 Å². The number of nitrogens with one attached hydrogen (secondary N) is 2. The first kappa shape index (κ1) is 18.4. The molecule has 0 aliphatic heterocycles. The standard InChI is InChI=1S/C18H18N2O4S2/c1-13(21)20-14-6-8-15(9-7-14)26(22,23)19-12-16(17-4-2-10-24-17)18-5-3-11-25-18/h2-11,16,19H,12H2,1H3,(H,20,21)/t16-/m1/s1. The summed E-state index contributed by atoms with van der Waals surface area (Å²) in [5.41, 5.74) is 0.545. The predicted octanol–water partition coefficient (Wildman–Crippen LogP) is 3.41. The van der Waals surface area contributed by atoms with Crippen LogP contribution in [0.1, 0.15) is 23.5 Å². The summed E-state index contributed by atoms with van der Waals surface area (Å²) in [5, 5.41) is 4.55. The maximum Gasteiger partial charge on any atom is 0.240 e. The van der Waals surface area contributed by atoms with Gasteiger partial charge in [-0.25, -0.2) is 13.1 Å². The predicted molar refractivity (Wildman–Crippen MR) is 101 cm³/mol. The molecule has 0 spiro atoms. The largest absolute Gasteiger partial charge is 0.469 e. The number of hydrogen-bond acceptors (Lipinski definition) is 5. The summed E-state index contributed by atoms with van der Waals surface area (Å²) in [7, 11) is -3.68. The van der Waals surface area contributed by atoms with E-state index in [4.69, 9.17) is 4.42 Å². The first-order chi connectivity index (χ1) is 12.5. The van der Waals surface area contributed by atoms with Crippen LogP contribution in [0.2, 0.25) is 0 Å². The number of carbonyl (C=O) groups excluding carboxylic acids is 1. The zero-order chi connectivity index (χ0) is 18.6. The third-order valence-corrected chi connectivity index (χ3v) is 6.16. The molecule has 1 atom stereocenters. The van der Waals surface area contributed by atoms with Gasteiger partial charge in [-0.1, -0.05) is 6.07 Å². The van der Waals surface area contributed by atoms with Gasteiger partial charge in [0.2, 0.25) is 15.9 Å². The Morgan fingerprint density at radius 3 is 2.50 bits per heavy atom. The Bertz CT molecular complexity index is 913. The summed E-state index contributed by atoms with van der Waals surface area (Å²) in [6.07, 6.45) is 1.57. The van der Waals surface area contributed by atoms with Crippen LogP contribution in [0.15, 0.2) is 69.5 Å². The first-order valence-electron chi connectivity index (χ1n) is 7.90. The molecule has 0 radical (unpaired) electrons. The van der Waals surface area contributed by atoms with Crippen LogP contribution in [0.5, 0.6) is 0 Å². The highest BCUT2D eigenvalue weighted by Crippen LogP contribution is 2.28. The zero-order valence-corrected chi connectivity index (χ0v) is 15.6. The molecule has 0 saturated carbocycles. The third-order valence-electron chi connectivity index (χ3n) is 3.74. The van der Waals surface area contributed by atoms with Gasteiger partial charge in [0.15, 0.2) is 0 Å². The van der Waals surface area contributed by atoms with Crippen molar-refractivity contribution < 1.29 is 17.6 Å². The van der Waals surface area contributed by atoms with Crippen LogP contribution >= 0.6 is 11.3 Å². The lowest BCUT2D eigenvalue weighted by Crippen LogP contribution is -2.28. The molecule has 8 heteroatoms. The van der Waals surface area contributed by atoms with Gasteiger partial charge >= 0.3 is 0 Å². The highest BCUT2D eigenvalue weighted by Gasteiger charge is 2.22. The third kappa shape index (κ3) is 4.40. The fraction of sp³-hybridized carbons (Fsp3) is 0.167. The average Bonchev–Trinajstić information content (AvgIpc) is 3.29. The Morgan fingerprint density at radius 1 is 1.15 bits per heavy atom. The van der Waals surface area contributed by atoms with Crippen LogP contribution in [0.3, 0.4) is 0 Å².